The number of fused-ring (bicyclic) bond motifs is 1. The van der Waals surface area contributed by atoms with Gasteiger partial charge in [-0.3, -0.25) is 4.79 Å². The third-order valence-electron chi connectivity index (χ3n) is 7.86. The highest BCUT2D eigenvalue weighted by Crippen LogP contribution is 2.46. The van der Waals surface area contributed by atoms with E-state index in [0.717, 1.165) is 11.1 Å². The number of ketones is 1. The molecular formula is C27H33N2O3Si+. The molecule has 2 aromatic rings. The lowest BCUT2D eigenvalue weighted by Crippen LogP contribution is -2.53. The number of carbonyl (C=O) groups is 2. The Hall–Kier alpha value is -2.59. The maximum Gasteiger partial charge on any atom is 0.329 e. The van der Waals surface area contributed by atoms with E-state index >= 15 is 0 Å². The first-order valence-corrected chi connectivity index (χ1v) is 14.6. The average molecular weight is 462 g/mol. The Labute approximate surface area is 197 Å². The summed E-state index contributed by atoms with van der Waals surface area (Å²) in [5, 5.41) is 9.20. The van der Waals surface area contributed by atoms with Crippen molar-refractivity contribution in [1.82, 2.24) is 0 Å². The molecule has 2 aliphatic heterocycles. The van der Waals surface area contributed by atoms with Gasteiger partial charge in [0.2, 0.25) is 5.78 Å². The van der Waals surface area contributed by atoms with Crippen LogP contribution >= 0.6 is 0 Å². The van der Waals surface area contributed by atoms with Crippen LogP contribution in [0.1, 0.15) is 49.8 Å². The number of nitriles is 1. The van der Waals surface area contributed by atoms with Gasteiger partial charge in [-0.25, -0.2) is 9.28 Å². The molecule has 0 saturated carbocycles. The van der Waals surface area contributed by atoms with Crippen molar-refractivity contribution in [3.63, 3.8) is 0 Å². The quantitative estimate of drug-likeness (QED) is 0.360. The number of nitrogens with zero attached hydrogens (tertiary/aromatic N) is 2. The molecule has 2 fully saturated rings. The molecule has 2 aromatic carbocycles. The molecule has 0 N–H and O–H groups in total. The standard InChI is InChI=1S/C27H33N2O3Si/c1-27(2,3)33(4,5)32-22-15-23-25(30)24(21-9-7-6-8-10-21)26(31)29(23,18-22)17-20-13-11-19(16-28)12-14-20/h6-14,22-24H,15,17-18H2,1-5H3/q+1/t22-,23-,24?,29-/m1/s1. The van der Waals surface area contributed by atoms with E-state index in [9.17, 15) is 9.59 Å². The fourth-order valence-electron chi connectivity index (χ4n) is 5.08. The van der Waals surface area contributed by atoms with E-state index in [4.69, 9.17) is 9.69 Å². The van der Waals surface area contributed by atoms with Gasteiger partial charge in [0.15, 0.2) is 20.3 Å². The summed E-state index contributed by atoms with van der Waals surface area (Å²) in [7, 11) is -2.05. The Balaban J connectivity index is 1.70. The van der Waals surface area contributed by atoms with Crippen LogP contribution in [0.3, 0.4) is 0 Å². The second-order valence-electron chi connectivity index (χ2n) is 11.0. The summed E-state index contributed by atoms with van der Waals surface area (Å²) >= 11 is 0. The van der Waals surface area contributed by atoms with Gasteiger partial charge in [-0.15, -0.1) is 0 Å². The Kier molecular flexibility index (Phi) is 5.94. The molecule has 4 atom stereocenters. The zero-order valence-electron chi connectivity index (χ0n) is 20.2. The molecule has 0 bridgehead atoms. The lowest BCUT2D eigenvalue weighted by Gasteiger charge is -2.38. The molecule has 0 aromatic heterocycles. The lowest BCUT2D eigenvalue weighted by atomic mass is 9.93. The molecule has 0 aliphatic carbocycles. The van der Waals surface area contributed by atoms with E-state index in [2.05, 4.69) is 39.9 Å². The molecule has 1 amide bonds. The van der Waals surface area contributed by atoms with Gasteiger partial charge in [-0.05, 0) is 35.8 Å². The number of rotatable bonds is 5. The highest BCUT2D eigenvalue weighted by Gasteiger charge is 2.66. The van der Waals surface area contributed by atoms with E-state index in [1.807, 2.05) is 42.5 Å². The fourth-order valence-corrected chi connectivity index (χ4v) is 6.44. The van der Waals surface area contributed by atoms with Crippen LogP contribution in [0, 0.1) is 11.3 Å². The summed E-state index contributed by atoms with van der Waals surface area (Å²) in [6.07, 6.45) is 0.468. The maximum atomic E-state index is 14.0. The van der Waals surface area contributed by atoms with Crippen molar-refractivity contribution in [2.45, 2.75) is 69.9 Å². The van der Waals surface area contributed by atoms with Gasteiger partial charge in [-0.2, -0.15) is 5.26 Å². The van der Waals surface area contributed by atoms with Crippen LogP contribution in [0.15, 0.2) is 54.6 Å². The molecule has 4 rings (SSSR count). The smallest absolute Gasteiger partial charge is 0.329 e. The van der Waals surface area contributed by atoms with Crippen LogP contribution in [-0.2, 0) is 20.6 Å². The minimum atomic E-state index is -2.05. The minimum absolute atomic E-state index is 0.0150. The van der Waals surface area contributed by atoms with E-state index in [-0.39, 0.29) is 27.3 Å². The topological polar surface area (TPSA) is 67.2 Å². The molecule has 2 aliphatic rings. The van der Waals surface area contributed by atoms with Gasteiger partial charge in [0.1, 0.15) is 19.2 Å². The highest BCUT2D eigenvalue weighted by atomic mass is 28.4. The molecule has 1 unspecified atom stereocenters. The minimum Gasteiger partial charge on any atom is -0.408 e. The number of carbonyl (C=O) groups excluding carboxylic acids is 2. The Bertz CT molecular complexity index is 1100. The summed E-state index contributed by atoms with van der Waals surface area (Å²) < 4.78 is 6.83. The summed E-state index contributed by atoms with van der Waals surface area (Å²) in [4.78, 5) is 27.7. The Morgan fingerprint density at radius 1 is 1.06 bits per heavy atom. The van der Waals surface area contributed by atoms with E-state index in [1.54, 1.807) is 12.1 Å². The molecule has 2 saturated heterocycles. The first-order valence-electron chi connectivity index (χ1n) is 11.7. The van der Waals surface area contributed by atoms with Gasteiger partial charge in [0, 0.05) is 12.0 Å². The predicted molar refractivity (Wildman–Crippen MR) is 130 cm³/mol. The number of hydrogen-bond acceptors (Lipinski definition) is 4. The first kappa shape index (κ1) is 23.6. The molecule has 0 radical (unpaired) electrons. The van der Waals surface area contributed by atoms with Crippen molar-refractivity contribution >= 4 is 20.0 Å². The molecule has 172 valence electrons. The van der Waals surface area contributed by atoms with Crippen LogP contribution < -0.4 is 0 Å². The van der Waals surface area contributed by atoms with E-state index in [0.29, 0.717) is 25.1 Å². The van der Waals surface area contributed by atoms with Gasteiger partial charge < -0.3 is 4.43 Å². The number of benzene rings is 2. The van der Waals surface area contributed by atoms with E-state index in [1.165, 1.54) is 0 Å². The molecule has 33 heavy (non-hydrogen) atoms. The second kappa shape index (κ2) is 8.32. The van der Waals surface area contributed by atoms with Crippen LogP contribution in [-0.4, -0.2) is 43.2 Å². The van der Waals surface area contributed by atoms with Crippen molar-refractivity contribution in [3.05, 3.63) is 71.3 Å². The molecule has 5 nitrogen and oxygen atoms in total. The largest absolute Gasteiger partial charge is 0.408 e. The molecule has 2 heterocycles. The summed E-state index contributed by atoms with van der Waals surface area (Å²) in [6, 6.07) is 18.5. The zero-order chi connectivity index (χ0) is 24.0. The Morgan fingerprint density at radius 2 is 1.70 bits per heavy atom. The van der Waals surface area contributed by atoms with E-state index < -0.39 is 20.3 Å². The van der Waals surface area contributed by atoms with Gasteiger partial charge >= 0.3 is 5.91 Å². The predicted octanol–water partition coefficient (Wildman–Crippen LogP) is 4.93. The van der Waals surface area contributed by atoms with Crippen molar-refractivity contribution in [2.24, 2.45) is 0 Å². The summed E-state index contributed by atoms with van der Waals surface area (Å²) in [6.45, 7) is 12.0. The zero-order valence-corrected chi connectivity index (χ0v) is 21.2. The van der Waals surface area contributed by atoms with Crippen LogP contribution in [0.4, 0.5) is 0 Å². The highest BCUT2D eigenvalue weighted by molar-refractivity contribution is 6.74. The molecular weight excluding hydrogens is 428 g/mol. The van der Waals surface area contributed by atoms with Gasteiger partial charge in [-0.1, -0.05) is 63.2 Å². The van der Waals surface area contributed by atoms with Crippen LogP contribution in [0.5, 0.6) is 0 Å². The molecule has 6 heteroatoms. The molecule has 0 spiro atoms. The summed E-state index contributed by atoms with van der Waals surface area (Å²) in [5.41, 5.74) is 2.32. The third-order valence-corrected chi connectivity index (χ3v) is 12.4. The van der Waals surface area contributed by atoms with Crippen molar-refractivity contribution in [1.29, 1.82) is 5.26 Å². The van der Waals surface area contributed by atoms with Crippen molar-refractivity contribution < 1.29 is 18.5 Å². The van der Waals surface area contributed by atoms with Crippen molar-refractivity contribution in [3.8, 4) is 6.07 Å². The number of amides is 1. The lowest BCUT2D eigenvalue weighted by molar-refractivity contribution is -0.866. The summed E-state index contributed by atoms with van der Waals surface area (Å²) in [5.74, 6) is -0.730. The SMILES string of the molecule is CC(C)(C)[Si](C)(C)O[C@@H]1C[C@@H]2C(=O)C(c3ccccc3)C(=O)[N@+]2(Cc2ccc(C#N)cc2)C1. The number of quaternary nitrogens is 1. The van der Waals surface area contributed by atoms with Crippen molar-refractivity contribution in [2.75, 3.05) is 6.54 Å². The number of Topliss-reactive ketones (excluding diaryl/α,β-unsaturated/α-hetero) is 1. The van der Waals surface area contributed by atoms with Crippen LogP contribution in [0.25, 0.3) is 0 Å². The van der Waals surface area contributed by atoms with Crippen LogP contribution in [0.2, 0.25) is 18.1 Å². The fraction of sp³-hybridized carbons (Fsp3) is 0.444. The average Bonchev–Trinajstić information content (AvgIpc) is 3.20. The number of hydrogen-bond donors (Lipinski definition) is 0. The third kappa shape index (κ3) is 4.10. The first-order chi connectivity index (χ1) is 15.5. The van der Waals surface area contributed by atoms with Gasteiger partial charge in [0.05, 0.1) is 11.6 Å². The maximum absolute atomic E-state index is 14.0. The normalized spacial score (nSPS) is 27.5. The second-order valence-corrected chi connectivity index (χ2v) is 15.8. The Morgan fingerprint density at radius 3 is 2.27 bits per heavy atom. The monoisotopic (exact) mass is 461 g/mol. The van der Waals surface area contributed by atoms with Gasteiger partial charge in [0.25, 0.3) is 0 Å².